The van der Waals surface area contributed by atoms with Crippen LogP contribution in [0.4, 0.5) is 15.9 Å². The highest BCUT2D eigenvalue weighted by molar-refractivity contribution is 9.10. The number of rotatable bonds is 3. The van der Waals surface area contributed by atoms with E-state index >= 15 is 0 Å². The molecule has 0 spiro atoms. The molecule has 1 heterocycles. The molecule has 0 amide bonds. The van der Waals surface area contributed by atoms with Crippen molar-refractivity contribution in [1.82, 2.24) is 4.98 Å². The normalized spacial score (nSPS) is 10.4. The summed E-state index contributed by atoms with van der Waals surface area (Å²) in [6.45, 7) is 2.28. The zero-order valence-corrected chi connectivity index (χ0v) is 11.5. The Kier molecular flexibility index (Phi) is 3.81. The van der Waals surface area contributed by atoms with Gasteiger partial charge in [0.05, 0.1) is 11.9 Å². The quantitative estimate of drug-likeness (QED) is 0.912. The van der Waals surface area contributed by atoms with Gasteiger partial charge in [-0.05, 0) is 36.8 Å². The van der Waals surface area contributed by atoms with Gasteiger partial charge in [-0.15, -0.1) is 0 Å². The minimum atomic E-state index is -0.237. The molecule has 1 aromatic carbocycles. The van der Waals surface area contributed by atoms with E-state index in [-0.39, 0.29) is 5.82 Å². The first-order valence-electron chi connectivity index (χ1n) is 5.46. The van der Waals surface area contributed by atoms with Crippen molar-refractivity contribution in [3.05, 3.63) is 51.9 Å². The fourth-order valence-electron chi connectivity index (χ4n) is 1.64. The summed E-state index contributed by atoms with van der Waals surface area (Å²) in [7, 11) is 0. The topological polar surface area (TPSA) is 50.9 Å². The van der Waals surface area contributed by atoms with Gasteiger partial charge in [0.15, 0.2) is 0 Å². The lowest BCUT2D eigenvalue weighted by Gasteiger charge is -2.10. The summed E-state index contributed by atoms with van der Waals surface area (Å²) in [5.41, 5.74) is 7.76. The monoisotopic (exact) mass is 309 g/mol. The Hall–Kier alpha value is -1.62. The Morgan fingerprint density at radius 3 is 2.89 bits per heavy atom. The maximum atomic E-state index is 13.5. The largest absolute Gasteiger partial charge is 0.397 e. The van der Waals surface area contributed by atoms with Gasteiger partial charge in [0.1, 0.15) is 11.6 Å². The molecular weight excluding hydrogens is 297 g/mol. The van der Waals surface area contributed by atoms with Crippen LogP contribution in [0.5, 0.6) is 0 Å². The number of aromatic nitrogens is 1. The molecule has 0 saturated heterocycles. The van der Waals surface area contributed by atoms with Crippen molar-refractivity contribution in [1.29, 1.82) is 0 Å². The predicted molar refractivity (Wildman–Crippen MR) is 74.8 cm³/mol. The molecular formula is C13H13BrFN3. The third-order valence-corrected chi connectivity index (χ3v) is 3.05. The van der Waals surface area contributed by atoms with E-state index in [1.165, 1.54) is 6.07 Å². The molecule has 2 aromatic rings. The summed E-state index contributed by atoms with van der Waals surface area (Å²) in [5, 5.41) is 3.10. The van der Waals surface area contributed by atoms with Crippen LogP contribution in [0.3, 0.4) is 0 Å². The zero-order chi connectivity index (χ0) is 13.1. The number of nitrogens with one attached hydrogen (secondary N) is 1. The Labute approximate surface area is 113 Å². The van der Waals surface area contributed by atoms with Gasteiger partial charge in [-0.1, -0.05) is 15.9 Å². The Morgan fingerprint density at radius 2 is 2.17 bits per heavy atom. The fraction of sp³-hybridized carbons (Fsp3) is 0.154. The van der Waals surface area contributed by atoms with Gasteiger partial charge in [0, 0.05) is 16.6 Å². The molecule has 18 heavy (non-hydrogen) atoms. The number of pyridine rings is 1. The molecule has 0 bridgehead atoms. The van der Waals surface area contributed by atoms with Gasteiger partial charge in [-0.2, -0.15) is 0 Å². The van der Waals surface area contributed by atoms with Crippen molar-refractivity contribution < 1.29 is 4.39 Å². The molecule has 0 saturated carbocycles. The highest BCUT2D eigenvalue weighted by Crippen LogP contribution is 2.18. The lowest BCUT2D eigenvalue weighted by Crippen LogP contribution is -2.05. The van der Waals surface area contributed by atoms with Gasteiger partial charge < -0.3 is 11.1 Å². The van der Waals surface area contributed by atoms with Crippen LogP contribution >= 0.6 is 15.9 Å². The lowest BCUT2D eigenvalue weighted by atomic mass is 10.2. The van der Waals surface area contributed by atoms with Crippen LogP contribution in [0, 0.1) is 12.7 Å². The average molecular weight is 310 g/mol. The Morgan fingerprint density at radius 1 is 1.39 bits per heavy atom. The van der Waals surface area contributed by atoms with Gasteiger partial charge in [-0.25, -0.2) is 9.37 Å². The smallest absolute Gasteiger partial charge is 0.129 e. The summed E-state index contributed by atoms with van der Waals surface area (Å²) in [5.74, 6) is 0.474. The number of nitrogen functional groups attached to an aromatic ring is 1. The lowest BCUT2D eigenvalue weighted by molar-refractivity contribution is 0.612. The second-order valence-electron chi connectivity index (χ2n) is 4.02. The molecule has 0 radical (unpaired) electrons. The van der Waals surface area contributed by atoms with Crippen molar-refractivity contribution >= 4 is 27.4 Å². The van der Waals surface area contributed by atoms with E-state index in [0.717, 1.165) is 10.0 Å². The van der Waals surface area contributed by atoms with E-state index in [9.17, 15) is 4.39 Å². The minimum Gasteiger partial charge on any atom is -0.397 e. The molecule has 0 aliphatic rings. The van der Waals surface area contributed by atoms with E-state index in [4.69, 9.17) is 5.73 Å². The molecule has 0 fully saturated rings. The fourth-order valence-corrected chi connectivity index (χ4v) is 2.05. The van der Waals surface area contributed by atoms with Crippen molar-refractivity contribution in [3.8, 4) is 0 Å². The first kappa shape index (κ1) is 12.8. The number of nitrogens with two attached hydrogens (primary N) is 1. The average Bonchev–Trinajstić information content (AvgIpc) is 2.32. The summed E-state index contributed by atoms with van der Waals surface area (Å²) in [6.07, 6.45) is 1.58. The predicted octanol–water partition coefficient (Wildman–Crippen LogP) is 3.49. The summed E-state index contributed by atoms with van der Waals surface area (Å²) in [4.78, 5) is 4.17. The molecule has 94 valence electrons. The molecule has 0 aliphatic carbocycles. The molecule has 1 aromatic heterocycles. The van der Waals surface area contributed by atoms with Crippen LogP contribution in [-0.4, -0.2) is 4.98 Å². The Balaban J connectivity index is 2.13. The highest BCUT2D eigenvalue weighted by atomic mass is 79.9. The SMILES string of the molecule is Cc1cc(N)cnc1NCc1cc(Br)ccc1F. The molecule has 5 heteroatoms. The molecule has 0 aliphatic heterocycles. The highest BCUT2D eigenvalue weighted by Gasteiger charge is 2.05. The van der Waals surface area contributed by atoms with Gasteiger partial charge in [0.25, 0.3) is 0 Å². The summed E-state index contributed by atoms with van der Waals surface area (Å²) < 4.78 is 14.4. The minimum absolute atomic E-state index is 0.237. The maximum absolute atomic E-state index is 13.5. The van der Waals surface area contributed by atoms with Crippen molar-refractivity contribution in [2.24, 2.45) is 0 Å². The molecule has 3 nitrogen and oxygen atoms in total. The molecule has 3 N–H and O–H groups in total. The first-order valence-corrected chi connectivity index (χ1v) is 6.25. The summed E-state index contributed by atoms with van der Waals surface area (Å²) >= 11 is 3.32. The zero-order valence-electron chi connectivity index (χ0n) is 9.87. The van der Waals surface area contributed by atoms with Crippen LogP contribution in [0.15, 0.2) is 34.9 Å². The van der Waals surface area contributed by atoms with Crippen LogP contribution in [0.2, 0.25) is 0 Å². The maximum Gasteiger partial charge on any atom is 0.129 e. The van der Waals surface area contributed by atoms with Crippen LogP contribution in [-0.2, 0) is 6.54 Å². The number of aryl methyl sites for hydroxylation is 1. The van der Waals surface area contributed by atoms with Crippen molar-refractivity contribution in [3.63, 3.8) is 0 Å². The number of hydrogen-bond acceptors (Lipinski definition) is 3. The van der Waals surface area contributed by atoms with Crippen molar-refractivity contribution in [2.45, 2.75) is 13.5 Å². The second kappa shape index (κ2) is 5.35. The second-order valence-corrected chi connectivity index (χ2v) is 4.94. The molecule has 2 rings (SSSR count). The first-order chi connectivity index (χ1) is 8.56. The summed E-state index contributed by atoms with van der Waals surface area (Å²) in [6, 6.07) is 6.68. The van der Waals surface area contributed by atoms with E-state index in [1.54, 1.807) is 18.3 Å². The van der Waals surface area contributed by atoms with E-state index in [2.05, 4.69) is 26.2 Å². The van der Waals surface area contributed by atoms with Gasteiger partial charge >= 0.3 is 0 Å². The van der Waals surface area contributed by atoms with Crippen LogP contribution in [0.25, 0.3) is 0 Å². The van der Waals surface area contributed by atoms with Crippen LogP contribution < -0.4 is 11.1 Å². The standard InChI is InChI=1S/C13H13BrFN3/c1-8-4-11(16)7-18-13(8)17-6-9-5-10(14)2-3-12(9)15/h2-5,7H,6,16H2,1H3,(H,17,18). The number of hydrogen-bond donors (Lipinski definition) is 2. The van der Waals surface area contributed by atoms with Gasteiger partial charge in [0.2, 0.25) is 0 Å². The number of nitrogens with zero attached hydrogens (tertiary/aromatic N) is 1. The number of halogens is 2. The van der Waals surface area contributed by atoms with E-state index in [0.29, 0.717) is 23.6 Å². The number of anilines is 2. The van der Waals surface area contributed by atoms with E-state index in [1.807, 2.05) is 13.0 Å². The Bertz CT molecular complexity index is 572. The third kappa shape index (κ3) is 2.98. The van der Waals surface area contributed by atoms with Crippen molar-refractivity contribution in [2.75, 3.05) is 11.1 Å². The molecule has 0 atom stereocenters. The molecule has 0 unspecified atom stereocenters. The third-order valence-electron chi connectivity index (χ3n) is 2.55. The van der Waals surface area contributed by atoms with Gasteiger partial charge in [-0.3, -0.25) is 0 Å². The number of benzene rings is 1. The van der Waals surface area contributed by atoms with Crippen LogP contribution in [0.1, 0.15) is 11.1 Å². The van der Waals surface area contributed by atoms with E-state index < -0.39 is 0 Å².